The third-order valence-electron chi connectivity index (χ3n) is 3.88. The number of aliphatic hydroxyl groups excluding tert-OH is 1. The average molecular weight is 342 g/mol. The van der Waals surface area contributed by atoms with E-state index in [2.05, 4.69) is 0 Å². The first-order chi connectivity index (χ1) is 12.0. The summed E-state index contributed by atoms with van der Waals surface area (Å²) in [5, 5.41) is 9.84. The van der Waals surface area contributed by atoms with Crippen LogP contribution in [0.3, 0.4) is 0 Å². The molecule has 0 bridgehead atoms. The van der Waals surface area contributed by atoms with Crippen molar-refractivity contribution < 1.29 is 23.8 Å². The molecule has 1 aromatic carbocycles. The quantitative estimate of drug-likeness (QED) is 0.493. The molecular weight excluding hydrogens is 324 g/mol. The van der Waals surface area contributed by atoms with Crippen molar-refractivity contribution in [3.05, 3.63) is 64.1 Å². The van der Waals surface area contributed by atoms with Crippen molar-refractivity contribution in [2.24, 2.45) is 0 Å². The van der Waals surface area contributed by atoms with E-state index in [1.54, 1.807) is 24.3 Å². The lowest BCUT2D eigenvalue weighted by molar-refractivity contribution is -0.139. The molecule has 2 heterocycles. The Kier molecular flexibility index (Phi) is 5.00. The van der Waals surface area contributed by atoms with Crippen molar-refractivity contribution in [2.75, 3.05) is 13.2 Å². The lowest BCUT2D eigenvalue weighted by Crippen LogP contribution is -2.09. The molecule has 0 fully saturated rings. The van der Waals surface area contributed by atoms with Gasteiger partial charge < -0.3 is 19.0 Å². The molecule has 0 radical (unpaired) electrons. The van der Waals surface area contributed by atoms with Gasteiger partial charge >= 0.3 is 11.6 Å². The fourth-order valence-electron chi connectivity index (χ4n) is 2.57. The maximum absolute atomic E-state index is 11.4. The van der Waals surface area contributed by atoms with Crippen LogP contribution >= 0.6 is 0 Å². The second kappa shape index (κ2) is 7.36. The molecule has 25 heavy (non-hydrogen) atoms. The van der Waals surface area contributed by atoms with Crippen molar-refractivity contribution in [1.29, 1.82) is 0 Å². The van der Waals surface area contributed by atoms with Gasteiger partial charge in [0.1, 0.15) is 24.0 Å². The highest BCUT2D eigenvalue weighted by atomic mass is 16.5. The average Bonchev–Trinajstić information content (AvgIpc) is 2.93. The summed E-state index contributed by atoms with van der Waals surface area (Å²) in [5.41, 5.74) is 1.37. The van der Waals surface area contributed by atoms with Crippen LogP contribution in [0.1, 0.15) is 13.3 Å². The third kappa shape index (κ3) is 4.16. The lowest BCUT2D eigenvalue weighted by Gasteiger charge is -2.09. The minimum absolute atomic E-state index is 0.298. The van der Waals surface area contributed by atoms with E-state index in [1.165, 1.54) is 6.07 Å². The highest BCUT2D eigenvalue weighted by molar-refractivity contribution is 5.91. The number of rotatable bonds is 6. The van der Waals surface area contributed by atoms with Crippen LogP contribution in [0.5, 0.6) is 5.75 Å². The maximum atomic E-state index is 11.4. The Labute approximate surface area is 144 Å². The summed E-state index contributed by atoms with van der Waals surface area (Å²) in [6.45, 7) is 1.95. The van der Waals surface area contributed by atoms with Gasteiger partial charge in [0.25, 0.3) is 0 Å². The first kappa shape index (κ1) is 17.0. The van der Waals surface area contributed by atoms with Gasteiger partial charge in [0.05, 0.1) is 12.2 Å². The number of carbonyl (C=O) groups is 1. The molecule has 2 aromatic rings. The summed E-state index contributed by atoms with van der Waals surface area (Å²) in [7, 11) is 0. The van der Waals surface area contributed by atoms with Gasteiger partial charge in [-0.2, -0.15) is 0 Å². The van der Waals surface area contributed by atoms with E-state index in [0.717, 1.165) is 11.0 Å². The molecule has 6 heteroatoms. The summed E-state index contributed by atoms with van der Waals surface area (Å²) in [6.07, 6.45) is 3.74. The third-order valence-corrected chi connectivity index (χ3v) is 3.88. The molecule has 1 N–H and O–H groups in total. The molecular formula is C19H18O6. The van der Waals surface area contributed by atoms with Gasteiger partial charge in [-0.05, 0) is 37.3 Å². The summed E-state index contributed by atoms with van der Waals surface area (Å²) in [5.74, 6) is 0.134. The number of benzene rings is 1. The Bertz CT molecular complexity index is 906. The molecule has 1 aromatic heterocycles. The summed E-state index contributed by atoms with van der Waals surface area (Å²) in [6, 6.07) is 8.38. The number of fused-ring (bicyclic) bond motifs is 1. The zero-order valence-corrected chi connectivity index (χ0v) is 13.7. The second-order valence-corrected chi connectivity index (χ2v) is 5.81. The number of carbonyl (C=O) groups excluding carboxylic acids is 1. The van der Waals surface area contributed by atoms with Crippen LogP contribution in [0.2, 0.25) is 0 Å². The molecule has 1 atom stereocenters. The smallest absolute Gasteiger partial charge is 0.336 e. The van der Waals surface area contributed by atoms with Crippen LogP contribution in [0, 0.1) is 0 Å². The van der Waals surface area contributed by atoms with E-state index < -0.39 is 11.6 Å². The number of hydrogen-bond acceptors (Lipinski definition) is 6. The predicted octanol–water partition coefficient (Wildman–Crippen LogP) is 2.35. The van der Waals surface area contributed by atoms with Crippen molar-refractivity contribution in [3.8, 4) is 5.75 Å². The fourth-order valence-corrected chi connectivity index (χ4v) is 2.57. The van der Waals surface area contributed by atoms with Gasteiger partial charge in [-0.1, -0.05) is 5.57 Å². The van der Waals surface area contributed by atoms with Gasteiger partial charge in [-0.25, -0.2) is 9.59 Å². The minimum atomic E-state index is -0.464. The number of aliphatic hydroxyl groups is 1. The largest absolute Gasteiger partial charge is 0.489 e. The van der Waals surface area contributed by atoms with Gasteiger partial charge in [-0.15, -0.1) is 0 Å². The first-order valence-electron chi connectivity index (χ1n) is 7.90. The Balaban J connectivity index is 1.58. The Morgan fingerprint density at radius 2 is 2.08 bits per heavy atom. The zero-order valence-electron chi connectivity index (χ0n) is 13.7. The second-order valence-electron chi connectivity index (χ2n) is 5.81. The molecule has 0 saturated heterocycles. The lowest BCUT2D eigenvalue weighted by atomic mass is 10.1. The highest BCUT2D eigenvalue weighted by Gasteiger charge is 2.24. The van der Waals surface area contributed by atoms with Crippen LogP contribution in [0.4, 0.5) is 0 Å². The van der Waals surface area contributed by atoms with Gasteiger partial charge in [-0.3, -0.25) is 0 Å². The predicted molar refractivity (Wildman–Crippen MR) is 91.4 cm³/mol. The highest BCUT2D eigenvalue weighted by Crippen LogP contribution is 2.21. The van der Waals surface area contributed by atoms with Crippen LogP contribution in [0.25, 0.3) is 11.0 Å². The Hall–Kier alpha value is -2.86. The molecule has 0 spiro atoms. The Morgan fingerprint density at radius 1 is 1.28 bits per heavy atom. The molecule has 130 valence electrons. The summed E-state index contributed by atoms with van der Waals surface area (Å²) < 4.78 is 15.9. The van der Waals surface area contributed by atoms with Crippen LogP contribution in [-0.4, -0.2) is 30.4 Å². The van der Waals surface area contributed by atoms with E-state index in [1.807, 2.05) is 19.1 Å². The topological polar surface area (TPSA) is 86.0 Å². The molecule has 0 aliphatic carbocycles. The van der Waals surface area contributed by atoms with E-state index in [-0.39, 0.29) is 12.7 Å². The Morgan fingerprint density at radius 3 is 2.84 bits per heavy atom. The van der Waals surface area contributed by atoms with Crippen molar-refractivity contribution in [2.45, 2.75) is 19.4 Å². The van der Waals surface area contributed by atoms with E-state index >= 15 is 0 Å². The molecule has 0 saturated carbocycles. The van der Waals surface area contributed by atoms with Gasteiger partial charge in [0.15, 0.2) is 0 Å². The maximum Gasteiger partial charge on any atom is 0.336 e. The number of cyclic esters (lactones) is 1. The van der Waals surface area contributed by atoms with Crippen LogP contribution < -0.4 is 10.4 Å². The van der Waals surface area contributed by atoms with Gasteiger partial charge in [0, 0.05) is 23.9 Å². The standard InChI is InChI=1S/C19H18O6/c1-12(8-16-9-14(11-20)19(22)24-16)6-7-23-15-4-2-13-3-5-18(21)25-17(13)10-15/h2-6,9-10,16,20H,7-8,11H2,1H3/b12-6+/t16-/m1/s1. The molecule has 0 amide bonds. The number of esters is 1. The monoisotopic (exact) mass is 342 g/mol. The van der Waals surface area contributed by atoms with Crippen molar-refractivity contribution in [1.82, 2.24) is 0 Å². The van der Waals surface area contributed by atoms with E-state index in [0.29, 0.717) is 29.9 Å². The first-order valence-corrected chi connectivity index (χ1v) is 7.90. The van der Waals surface area contributed by atoms with Crippen molar-refractivity contribution in [3.63, 3.8) is 0 Å². The molecule has 3 rings (SSSR count). The van der Waals surface area contributed by atoms with Crippen LogP contribution in [-0.2, 0) is 9.53 Å². The summed E-state index contributed by atoms with van der Waals surface area (Å²) in [4.78, 5) is 22.7. The van der Waals surface area contributed by atoms with Gasteiger partial charge in [0.2, 0.25) is 0 Å². The SMILES string of the molecule is C/C(=C\COc1ccc2ccc(=O)oc2c1)C[C@@H]1C=C(CO)C(=O)O1. The van der Waals surface area contributed by atoms with E-state index in [9.17, 15) is 9.59 Å². The van der Waals surface area contributed by atoms with Crippen LogP contribution in [0.15, 0.2) is 62.8 Å². The number of hydrogen-bond donors (Lipinski definition) is 1. The molecule has 1 aliphatic heterocycles. The zero-order chi connectivity index (χ0) is 17.8. The van der Waals surface area contributed by atoms with E-state index in [4.69, 9.17) is 19.0 Å². The number of ether oxygens (including phenoxy) is 2. The molecule has 0 unspecified atom stereocenters. The molecule has 6 nitrogen and oxygen atoms in total. The van der Waals surface area contributed by atoms with Crippen molar-refractivity contribution >= 4 is 16.9 Å². The summed E-state index contributed by atoms with van der Waals surface area (Å²) >= 11 is 0. The minimum Gasteiger partial charge on any atom is -0.489 e. The fraction of sp³-hybridized carbons (Fsp3) is 0.263. The normalized spacial score (nSPS) is 17.5. The molecule has 1 aliphatic rings.